The van der Waals surface area contributed by atoms with Gasteiger partial charge in [0, 0.05) is 16.7 Å². The predicted molar refractivity (Wildman–Crippen MR) is 91.4 cm³/mol. The Morgan fingerprint density at radius 3 is 2.52 bits per heavy atom. The van der Waals surface area contributed by atoms with E-state index in [1.54, 1.807) is 6.07 Å². The molecule has 2 spiro atoms. The molecule has 4 aliphatic heterocycles. The highest BCUT2D eigenvalue weighted by atomic mass is 35.5. The van der Waals surface area contributed by atoms with E-state index >= 15 is 0 Å². The van der Waals surface area contributed by atoms with Crippen molar-refractivity contribution in [2.24, 2.45) is 0 Å². The molecule has 2 aliphatic carbocycles. The van der Waals surface area contributed by atoms with Crippen LogP contribution in [-0.4, -0.2) is 46.2 Å². The van der Waals surface area contributed by atoms with E-state index in [1.165, 1.54) is 12.1 Å². The topological polar surface area (TPSA) is 118 Å². The lowest BCUT2D eigenvalue weighted by Crippen LogP contribution is -2.53. The molecule has 144 valence electrons. The maximum Gasteiger partial charge on any atom is 0.269 e. The minimum absolute atomic E-state index is 0.0100. The first kappa shape index (κ1) is 15.2. The smallest absolute Gasteiger partial charge is 0.269 e. The van der Waals surface area contributed by atoms with Crippen LogP contribution >= 0.6 is 11.6 Å². The second kappa shape index (κ2) is 3.99. The van der Waals surface area contributed by atoms with Crippen LogP contribution in [0.5, 0.6) is 17.2 Å². The molecule has 2 fully saturated rings. The van der Waals surface area contributed by atoms with Crippen molar-refractivity contribution < 1.29 is 38.7 Å². The zero-order valence-corrected chi connectivity index (χ0v) is 15.0. The SMILES string of the molecule is O=C1c2c(O)c(Cl)cc3c2[C@]2(Oc4ccc(O)c5c4[C@@]3(O2)[C@H]2O[C@H]2C5=O)[C@H]2O[C@@H]12. The largest absolute Gasteiger partial charge is 0.507 e. The first-order valence-corrected chi connectivity index (χ1v) is 9.49. The van der Waals surface area contributed by atoms with Crippen LogP contribution in [0.3, 0.4) is 0 Å². The van der Waals surface area contributed by atoms with E-state index in [1.807, 2.05) is 0 Å². The summed E-state index contributed by atoms with van der Waals surface area (Å²) >= 11 is 6.29. The fraction of sp³-hybridized carbons (Fsp3) is 0.300. The average Bonchev–Trinajstić information content (AvgIpc) is 3.59. The van der Waals surface area contributed by atoms with Crippen molar-refractivity contribution in [1.29, 1.82) is 0 Å². The minimum Gasteiger partial charge on any atom is -0.507 e. The monoisotopic (exact) mass is 412 g/mol. The van der Waals surface area contributed by atoms with E-state index in [9.17, 15) is 19.8 Å². The number of phenolic OH excluding ortho intramolecular Hbond substituents is 2. The van der Waals surface area contributed by atoms with Crippen LogP contribution in [0.1, 0.15) is 37.4 Å². The first-order valence-electron chi connectivity index (χ1n) is 9.11. The number of epoxide rings is 2. The molecule has 2 saturated heterocycles. The van der Waals surface area contributed by atoms with Crippen LogP contribution in [0.25, 0.3) is 0 Å². The molecule has 2 bridgehead atoms. The standard InChI is InChI=1S/C20H9ClO8/c21-5-3-4-10-9(12(5)23)14(25)16-18(27-16)20(10)28-7-2-1-6(22)8-11(7)19(4,29-20)17-15(26-17)13(8)24/h1-3,15-18,22-23H/t15-,16-,17-,18-,19+,20+/m0/s1. The number of aromatic hydroxyl groups is 2. The molecule has 29 heavy (non-hydrogen) atoms. The number of carbonyl (C=O) groups excluding carboxylic acids is 2. The number of hydrogen-bond donors (Lipinski definition) is 2. The van der Waals surface area contributed by atoms with Crippen LogP contribution in [0.4, 0.5) is 0 Å². The van der Waals surface area contributed by atoms with Gasteiger partial charge in [0.15, 0.2) is 35.5 Å². The number of ketones is 2. The molecule has 6 atom stereocenters. The summed E-state index contributed by atoms with van der Waals surface area (Å²) < 4.78 is 24.1. The fourth-order valence-corrected chi connectivity index (χ4v) is 5.90. The number of phenols is 2. The molecule has 0 amide bonds. The third-order valence-corrected chi connectivity index (χ3v) is 7.15. The summed E-state index contributed by atoms with van der Waals surface area (Å²) in [5.74, 6) is -2.42. The third kappa shape index (κ3) is 1.29. The second-order valence-corrected chi connectivity index (χ2v) is 8.53. The number of halogens is 1. The molecule has 0 radical (unpaired) electrons. The van der Waals surface area contributed by atoms with Crippen molar-refractivity contribution in [1.82, 2.24) is 0 Å². The highest BCUT2D eigenvalue weighted by Gasteiger charge is 2.81. The molecule has 6 aliphatic rings. The Labute approximate surface area is 166 Å². The van der Waals surface area contributed by atoms with Gasteiger partial charge in [-0.15, -0.1) is 0 Å². The van der Waals surface area contributed by atoms with Crippen molar-refractivity contribution >= 4 is 23.2 Å². The van der Waals surface area contributed by atoms with Gasteiger partial charge in [-0.2, -0.15) is 0 Å². The Kier molecular flexibility index (Phi) is 2.10. The van der Waals surface area contributed by atoms with Crippen molar-refractivity contribution in [3.8, 4) is 17.2 Å². The normalized spacial score (nSPS) is 40.4. The van der Waals surface area contributed by atoms with Gasteiger partial charge >= 0.3 is 0 Å². The van der Waals surface area contributed by atoms with Gasteiger partial charge in [-0.05, 0) is 18.2 Å². The Balaban J connectivity index is 1.59. The Morgan fingerprint density at radius 2 is 1.69 bits per heavy atom. The molecular weight excluding hydrogens is 404 g/mol. The van der Waals surface area contributed by atoms with Crippen LogP contribution in [0.2, 0.25) is 5.02 Å². The molecule has 0 saturated carbocycles. The summed E-state index contributed by atoms with van der Waals surface area (Å²) in [7, 11) is 0. The summed E-state index contributed by atoms with van der Waals surface area (Å²) in [5, 5.41) is 21.0. The maximum absolute atomic E-state index is 12.9. The van der Waals surface area contributed by atoms with Gasteiger partial charge in [0.25, 0.3) is 5.79 Å². The van der Waals surface area contributed by atoms with Crippen molar-refractivity contribution in [3.05, 3.63) is 51.0 Å². The summed E-state index contributed by atoms with van der Waals surface area (Å²) in [4.78, 5) is 25.7. The van der Waals surface area contributed by atoms with Gasteiger partial charge in [0.2, 0.25) is 0 Å². The highest BCUT2D eigenvalue weighted by Crippen LogP contribution is 2.71. The van der Waals surface area contributed by atoms with Gasteiger partial charge in [-0.25, -0.2) is 0 Å². The molecule has 0 unspecified atom stereocenters. The van der Waals surface area contributed by atoms with Crippen molar-refractivity contribution in [2.45, 2.75) is 35.8 Å². The van der Waals surface area contributed by atoms with E-state index in [2.05, 4.69) is 0 Å². The van der Waals surface area contributed by atoms with Crippen LogP contribution in [0, 0.1) is 0 Å². The Morgan fingerprint density at radius 1 is 0.966 bits per heavy atom. The number of hydrogen-bond acceptors (Lipinski definition) is 8. The summed E-state index contributed by atoms with van der Waals surface area (Å²) in [5.41, 5.74) is -0.0162. The van der Waals surface area contributed by atoms with Crippen molar-refractivity contribution in [3.63, 3.8) is 0 Å². The predicted octanol–water partition coefficient (Wildman–Crippen LogP) is 1.50. The summed E-state index contributed by atoms with van der Waals surface area (Å²) in [6.07, 6.45) is -2.95. The quantitative estimate of drug-likeness (QED) is 0.625. The number of Topliss-reactive ketones (excluding diaryl/α,β-unsaturated/α-hetero) is 2. The number of benzene rings is 2. The number of fused-ring (bicyclic) bond motifs is 2. The van der Waals surface area contributed by atoms with E-state index in [-0.39, 0.29) is 39.2 Å². The molecular formula is C20H9ClO8. The number of rotatable bonds is 0. The number of carbonyl (C=O) groups is 2. The van der Waals surface area contributed by atoms with E-state index in [4.69, 9.17) is 30.5 Å². The molecule has 0 aromatic heterocycles. The van der Waals surface area contributed by atoms with Gasteiger partial charge in [0.05, 0.1) is 16.1 Å². The van der Waals surface area contributed by atoms with Gasteiger partial charge in [-0.1, -0.05) is 11.6 Å². The van der Waals surface area contributed by atoms with Gasteiger partial charge in [0.1, 0.15) is 23.4 Å². The summed E-state index contributed by atoms with van der Waals surface area (Å²) in [6, 6.07) is 4.47. The third-order valence-electron chi connectivity index (χ3n) is 6.86. The maximum atomic E-state index is 12.9. The Hall–Kier alpha value is -2.65. The fourth-order valence-electron chi connectivity index (χ4n) is 5.69. The van der Waals surface area contributed by atoms with E-state index in [0.29, 0.717) is 22.4 Å². The molecule has 8 nitrogen and oxygen atoms in total. The molecule has 8 rings (SSSR count). The first-order chi connectivity index (χ1) is 13.9. The van der Waals surface area contributed by atoms with Gasteiger partial charge in [-0.3, -0.25) is 9.59 Å². The Bertz CT molecular complexity index is 1290. The van der Waals surface area contributed by atoms with Crippen LogP contribution < -0.4 is 4.74 Å². The lowest BCUT2D eigenvalue weighted by Gasteiger charge is -2.43. The minimum atomic E-state index is -1.47. The lowest BCUT2D eigenvalue weighted by atomic mass is 9.72. The molecule has 4 heterocycles. The van der Waals surface area contributed by atoms with Gasteiger partial charge < -0.3 is 29.2 Å². The average molecular weight is 413 g/mol. The zero-order valence-electron chi connectivity index (χ0n) is 14.3. The van der Waals surface area contributed by atoms with Crippen LogP contribution in [-0.2, 0) is 25.6 Å². The molecule has 2 N–H and O–H groups in total. The number of ether oxygens (including phenoxy) is 4. The van der Waals surface area contributed by atoms with E-state index < -0.39 is 35.8 Å². The zero-order chi connectivity index (χ0) is 19.6. The molecule has 2 aromatic carbocycles. The van der Waals surface area contributed by atoms with Crippen LogP contribution in [0.15, 0.2) is 18.2 Å². The second-order valence-electron chi connectivity index (χ2n) is 8.13. The van der Waals surface area contributed by atoms with E-state index in [0.717, 1.165) is 0 Å². The lowest BCUT2D eigenvalue weighted by molar-refractivity contribution is -0.262. The summed E-state index contributed by atoms with van der Waals surface area (Å²) in [6.45, 7) is 0. The molecule has 9 heteroatoms. The molecule has 2 aromatic rings. The van der Waals surface area contributed by atoms with Crippen molar-refractivity contribution in [2.75, 3.05) is 0 Å². The highest BCUT2D eigenvalue weighted by molar-refractivity contribution is 6.33.